The highest BCUT2D eigenvalue weighted by Gasteiger charge is 2.46. The molecule has 33 heavy (non-hydrogen) atoms. The molecule has 1 fully saturated rings. The normalized spacial score (nSPS) is 17.6. The van der Waals surface area contributed by atoms with Gasteiger partial charge in [0, 0.05) is 36.9 Å². The van der Waals surface area contributed by atoms with Crippen LogP contribution >= 0.6 is 0 Å². The lowest BCUT2D eigenvalue weighted by molar-refractivity contribution is -0.140. The summed E-state index contributed by atoms with van der Waals surface area (Å²) in [6.07, 6.45) is 6.50. The smallest absolute Gasteiger partial charge is 0.295 e. The SMILES string of the molecule is COc1ccc(/C(O)=C2/C(=O)C(=O)N(Cc3cccnc3)C2c2ccncc2)cc1C(C)C. The van der Waals surface area contributed by atoms with Crippen molar-refractivity contribution >= 4 is 17.4 Å². The minimum atomic E-state index is -0.752. The maximum Gasteiger partial charge on any atom is 0.295 e. The molecule has 0 bridgehead atoms. The summed E-state index contributed by atoms with van der Waals surface area (Å²) in [6, 6.07) is 11.6. The summed E-state index contributed by atoms with van der Waals surface area (Å²) in [6.45, 7) is 4.22. The molecule has 1 aliphatic heterocycles. The Balaban J connectivity index is 1.86. The summed E-state index contributed by atoms with van der Waals surface area (Å²) in [5, 5.41) is 11.3. The van der Waals surface area contributed by atoms with Crippen LogP contribution in [-0.2, 0) is 16.1 Å². The van der Waals surface area contributed by atoms with Gasteiger partial charge in [-0.25, -0.2) is 0 Å². The van der Waals surface area contributed by atoms with Crippen molar-refractivity contribution in [2.24, 2.45) is 0 Å². The number of Topliss-reactive ketones (excluding diaryl/α,β-unsaturated/α-hetero) is 1. The number of likely N-dealkylation sites (tertiary alicyclic amines) is 1. The molecule has 2 aromatic heterocycles. The molecule has 1 atom stereocenters. The Morgan fingerprint density at radius 1 is 1.09 bits per heavy atom. The van der Waals surface area contributed by atoms with Gasteiger partial charge in [0.25, 0.3) is 11.7 Å². The summed E-state index contributed by atoms with van der Waals surface area (Å²) in [5.41, 5.74) is 2.87. The standard InChI is InChI=1S/C26H25N3O4/c1-16(2)20-13-19(6-7-21(20)33-3)24(30)22-23(18-8-11-27-12-9-18)29(26(32)25(22)31)15-17-5-4-10-28-14-17/h4-14,16,23,30H,15H2,1-3H3/b24-22-. The average Bonchev–Trinajstić information content (AvgIpc) is 3.09. The highest BCUT2D eigenvalue weighted by Crippen LogP contribution is 2.41. The van der Waals surface area contributed by atoms with Crippen LogP contribution < -0.4 is 4.74 Å². The lowest BCUT2D eigenvalue weighted by Crippen LogP contribution is -2.29. The summed E-state index contributed by atoms with van der Waals surface area (Å²) < 4.78 is 5.44. The fourth-order valence-corrected chi connectivity index (χ4v) is 4.11. The number of nitrogens with zero attached hydrogens (tertiary/aromatic N) is 3. The van der Waals surface area contributed by atoms with Crippen LogP contribution in [-0.4, -0.2) is 38.8 Å². The molecule has 0 aliphatic carbocycles. The van der Waals surface area contributed by atoms with Crippen molar-refractivity contribution in [1.29, 1.82) is 0 Å². The van der Waals surface area contributed by atoms with Crippen LogP contribution in [0.5, 0.6) is 5.75 Å². The predicted molar refractivity (Wildman–Crippen MR) is 123 cm³/mol. The van der Waals surface area contributed by atoms with Gasteiger partial charge in [0.15, 0.2) is 0 Å². The second-order valence-corrected chi connectivity index (χ2v) is 8.18. The zero-order chi connectivity index (χ0) is 23.5. The van der Waals surface area contributed by atoms with E-state index in [4.69, 9.17) is 4.74 Å². The highest BCUT2D eigenvalue weighted by atomic mass is 16.5. The van der Waals surface area contributed by atoms with E-state index in [0.29, 0.717) is 16.9 Å². The van der Waals surface area contributed by atoms with Gasteiger partial charge in [0.2, 0.25) is 0 Å². The number of aliphatic hydroxyl groups is 1. The monoisotopic (exact) mass is 443 g/mol. The Hall–Kier alpha value is -4.00. The van der Waals surface area contributed by atoms with E-state index in [2.05, 4.69) is 9.97 Å². The fourth-order valence-electron chi connectivity index (χ4n) is 4.11. The molecule has 1 saturated heterocycles. The molecule has 1 amide bonds. The van der Waals surface area contributed by atoms with Gasteiger partial charge in [-0.15, -0.1) is 0 Å². The van der Waals surface area contributed by atoms with Gasteiger partial charge >= 0.3 is 0 Å². The Bertz CT molecular complexity index is 1210. The van der Waals surface area contributed by atoms with Crippen molar-refractivity contribution in [3.63, 3.8) is 0 Å². The van der Waals surface area contributed by atoms with E-state index in [9.17, 15) is 14.7 Å². The summed E-state index contributed by atoms with van der Waals surface area (Å²) >= 11 is 0. The first-order valence-corrected chi connectivity index (χ1v) is 10.7. The molecule has 7 heteroatoms. The molecule has 0 spiro atoms. The molecular weight excluding hydrogens is 418 g/mol. The molecule has 168 valence electrons. The van der Waals surface area contributed by atoms with E-state index >= 15 is 0 Å². The van der Waals surface area contributed by atoms with Gasteiger partial charge in [-0.3, -0.25) is 19.6 Å². The third-order valence-corrected chi connectivity index (χ3v) is 5.76. The molecule has 1 unspecified atom stereocenters. The Labute approximate surface area is 192 Å². The third-order valence-electron chi connectivity index (χ3n) is 5.76. The largest absolute Gasteiger partial charge is 0.507 e. The number of hydrogen-bond donors (Lipinski definition) is 1. The van der Waals surface area contributed by atoms with Crippen LogP contribution in [0.25, 0.3) is 5.76 Å². The fraction of sp³-hybridized carbons (Fsp3) is 0.231. The van der Waals surface area contributed by atoms with Crippen molar-refractivity contribution in [3.8, 4) is 5.75 Å². The molecule has 1 aliphatic rings. The van der Waals surface area contributed by atoms with E-state index in [1.54, 1.807) is 68.3 Å². The number of ether oxygens (including phenoxy) is 1. The van der Waals surface area contributed by atoms with Crippen LogP contribution in [0.4, 0.5) is 0 Å². The summed E-state index contributed by atoms with van der Waals surface area (Å²) in [5.74, 6) is -0.769. The minimum absolute atomic E-state index is 0.0509. The number of aliphatic hydroxyl groups excluding tert-OH is 1. The first-order valence-electron chi connectivity index (χ1n) is 10.7. The molecule has 7 nitrogen and oxygen atoms in total. The second kappa shape index (κ2) is 9.24. The number of methoxy groups -OCH3 is 1. The van der Waals surface area contributed by atoms with Gasteiger partial charge in [0.1, 0.15) is 11.5 Å². The van der Waals surface area contributed by atoms with Gasteiger partial charge in [-0.2, -0.15) is 0 Å². The van der Waals surface area contributed by atoms with Crippen LogP contribution in [0, 0.1) is 0 Å². The van der Waals surface area contributed by atoms with Crippen molar-refractivity contribution in [1.82, 2.24) is 14.9 Å². The Morgan fingerprint density at radius 3 is 2.48 bits per heavy atom. The molecule has 4 rings (SSSR count). The first kappa shape index (κ1) is 22.2. The average molecular weight is 444 g/mol. The van der Waals surface area contributed by atoms with E-state index < -0.39 is 17.7 Å². The molecular formula is C26H25N3O4. The number of rotatable bonds is 6. The van der Waals surface area contributed by atoms with Crippen molar-refractivity contribution in [2.45, 2.75) is 32.4 Å². The number of amides is 1. The number of carbonyl (C=O) groups is 2. The molecule has 3 heterocycles. The first-order chi connectivity index (χ1) is 15.9. The molecule has 0 saturated carbocycles. The van der Waals surface area contributed by atoms with Crippen LogP contribution in [0.3, 0.4) is 0 Å². The number of ketones is 1. The predicted octanol–water partition coefficient (Wildman–Crippen LogP) is 4.23. The van der Waals surface area contributed by atoms with Crippen molar-refractivity contribution in [3.05, 3.63) is 95.1 Å². The lowest BCUT2D eigenvalue weighted by atomic mass is 9.93. The zero-order valence-corrected chi connectivity index (χ0v) is 18.7. The number of benzene rings is 1. The summed E-state index contributed by atoms with van der Waals surface area (Å²) in [4.78, 5) is 35.9. The summed E-state index contributed by atoms with van der Waals surface area (Å²) in [7, 11) is 1.59. The molecule has 1 aromatic carbocycles. The van der Waals surface area contributed by atoms with Crippen LogP contribution in [0.15, 0.2) is 72.8 Å². The topological polar surface area (TPSA) is 92.6 Å². The maximum atomic E-state index is 13.2. The minimum Gasteiger partial charge on any atom is -0.507 e. The van der Waals surface area contributed by atoms with Gasteiger partial charge in [-0.05, 0) is 59.0 Å². The van der Waals surface area contributed by atoms with Crippen LogP contribution in [0.1, 0.15) is 48.1 Å². The zero-order valence-electron chi connectivity index (χ0n) is 18.7. The van der Waals surface area contributed by atoms with E-state index in [-0.39, 0.29) is 23.8 Å². The molecule has 3 aromatic rings. The molecule has 0 radical (unpaired) electrons. The van der Waals surface area contributed by atoms with Gasteiger partial charge in [0.05, 0.1) is 18.7 Å². The van der Waals surface area contributed by atoms with E-state index in [0.717, 1.165) is 11.1 Å². The van der Waals surface area contributed by atoms with Crippen molar-refractivity contribution in [2.75, 3.05) is 7.11 Å². The second-order valence-electron chi connectivity index (χ2n) is 8.18. The van der Waals surface area contributed by atoms with Gasteiger partial charge in [-0.1, -0.05) is 19.9 Å². The van der Waals surface area contributed by atoms with Crippen LogP contribution in [0.2, 0.25) is 0 Å². The molecule has 1 N–H and O–H groups in total. The van der Waals surface area contributed by atoms with E-state index in [1.165, 1.54) is 4.90 Å². The maximum absolute atomic E-state index is 13.2. The quantitative estimate of drug-likeness (QED) is 0.348. The number of hydrogen-bond acceptors (Lipinski definition) is 6. The number of aromatic nitrogens is 2. The number of carbonyl (C=O) groups excluding carboxylic acids is 2. The lowest BCUT2D eigenvalue weighted by Gasteiger charge is -2.25. The number of pyridine rings is 2. The van der Waals surface area contributed by atoms with Crippen molar-refractivity contribution < 1.29 is 19.4 Å². The third kappa shape index (κ3) is 4.22. The van der Waals surface area contributed by atoms with Gasteiger partial charge < -0.3 is 14.7 Å². The highest BCUT2D eigenvalue weighted by molar-refractivity contribution is 6.46. The van der Waals surface area contributed by atoms with E-state index in [1.807, 2.05) is 19.9 Å². The Morgan fingerprint density at radius 2 is 1.85 bits per heavy atom. The Kier molecular flexibility index (Phi) is 6.22.